The molecule has 1 fully saturated rings. The fourth-order valence-corrected chi connectivity index (χ4v) is 2.47. The molecule has 16 heavy (non-hydrogen) atoms. The van der Waals surface area contributed by atoms with Crippen LogP contribution in [0.3, 0.4) is 0 Å². The van der Waals surface area contributed by atoms with Crippen LogP contribution in [-0.4, -0.2) is 17.2 Å². The minimum Gasteiger partial charge on any atom is -0.423 e. The molecule has 2 unspecified atom stereocenters. The van der Waals surface area contributed by atoms with E-state index in [1.165, 1.54) is 19.3 Å². The molecule has 4 nitrogen and oxygen atoms in total. The average Bonchev–Trinajstić information content (AvgIpc) is 2.82. The lowest BCUT2D eigenvalue weighted by Gasteiger charge is -2.23. The van der Waals surface area contributed by atoms with Gasteiger partial charge in [-0.3, -0.25) is 0 Å². The molecule has 2 rings (SSSR count). The van der Waals surface area contributed by atoms with Gasteiger partial charge < -0.3 is 9.73 Å². The summed E-state index contributed by atoms with van der Waals surface area (Å²) in [6.45, 7) is 6.60. The molecule has 0 aliphatic heterocycles. The second-order valence-corrected chi connectivity index (χ2v) is 5.42. The van der Waals surface area contributed by atoms with Gasteiger partial charge in [-0.25, -0.2) is 0 Å². The lowest BCUT2D eigenvalue weighted by Crippen LogP contribution is -2.15. The van der Waals surface area contributed by atoms with Gasteiger partial charge >= 0.3 is 0 Å². The van der Waals surface area contributed by atoms with Crippen molar-refractivity contribution in [3.05, 3.63) is 11.8 Å². The summed E-state index contributed by atoms with van der Waals surface area (Å²) >= 11 is 0. The molecule has 1 aliphatic rings. The van der Waals surface area contributed by atoms with Crippen molar-refractivity contribution in [2.45, 2.75) is 52.0 Å². The number of rotatable bonds is 3. The van der Waals surface area contributed by atoms with Crippen molar-refractivity contribution in [1.82, 2.24) is 15.5 Å². The van der Waals surface area contributed by atoms with E-state index in [1.54, 1.807) is 0 Å². The standard InChI is InChI=1S/C12H21N3O/c1-8(13-4)10-14-15-11(16-10)9-6-5-7-12(9,2)3/h8-9,13H,5-7H2,1-4H3. The zero-order valence-electron chi connectivity index (χ0n) is 10.6. The van der Waals surface area contributed by atoms with Gasteiger partial charge in [-0.1, -0.05) is 20.3 Å². The highest BCUT2D eigenvalue weighted by atomic mass is 16.4. The molecule has 0 aromatic carbocycles. The van der Waals surface area contributed by atoms with E-state index < -0.39 is 0 Å². The van der Waals surface area contributed by atoms with Crippen molar-refractivity contribution in [3.63, 3.8) is 0 Å². The maximum Gasteiger partial charge on any atom is 0.233 e. The summed E-state index contributed by atoms with van der Waals surface area (Å²) < 4.78 is 5.77. The molecule has 1 aliphatic carbocycles. The Hall–Kier alpha value is -0.900. The Morgan fingerprint density at radius 3 is 2.75 bits per heavy atom. The largest absolute Gasteiger partial charge is 0.423 e. The summed E-state index contributed by atoms with van der Waals surface area (Å²) in [5.41, 5.74) is 0.298. The number of nitrogens with zero attached hydrogens (tertiary/aromatic N) is 2. The van der Waals surface area contributed by atoms with Crippen LogP contribution in [0.4, 0.5) is 0 Å². The van der Waals surface area contributed by atoms with Gasteiger partial charge in [0.1, 0.15) is 0 Å². The Bertz CT molecular complexity index is 359. The normalized spacial score (nSPS) is 25.9. The first-order valence-corrected chi connectivity index (χ1v) is 6.05. The molecule has 4 heteroatoms. The Morgan fingerprint density at radius 2 is 2.19 bits per heavy atom. The maximum absolute atomic E-state index is 5.77. The van der Waals surface area contributed by atoms with Crippen LogP contribution in [0.25, 0.3) is 0 Å². The number of hydrogen-bond acceptors (Lipinski definition) is 4. The van der Waals surface area contributed by atoms with Gasteiger partial charge in [-0.2, -0.15) is 0 Å². The van der Waals surface area contributed by atoms with Crippen LogP contribution in [-0.2, 0) is 0 Å². The second kappa shape index (κ2) is 4.17. The van der Waals surface area contributed by atoms with Crippen molar-refractivity contribution < 1.29 is 4.42 Å². The molecule has 0 spiro atoms. The quantitative estimate of drug-likeness (QED) is 0.855. The molecule has 0 bridgehead atoms. The molecular weight excluding hydrogens is 202 g/mol. The van der Waals surface area contributed by atoms with Gasteiger partial charge in [0, 0.05) is 5.92 Å². The monoisotopic (exact) mass is 223 g/mol. The minimum atomic E-state index is 0.130. The Balaban J connectivity index is 2.19. The van der Waals surface area contributed by atoms with E-state index in [0.29, 0.717) is 17.2 Å². The lowest BCUT2D eigenvalue weighted by molar-refractivity contribution is 0.276. The molecule has 90 valence electrons. The highest BCUT2D eigenvalue weighted by Gasteiger charge is 2.39. The van der Waals surface area contributed by atoms with Crippen LogP contribution in [0.5, 0.6) is 0 Å². The molecule has 0 amide bonds. The Labute approximate surface area is 96.8 Å². The highest BCUT2D eigenvalue weighted by Crippen LogP contribution is 2.48. The van der Waals surface area contributed by atoms with Gasteiger partial charge in [0.25, 0.3) is 0 Å². The van der Waals surface area contributed by atoms with E-state index in [1.807, 2.05) is 14.0 Å². The van der Waals surface area contributed by atoms with E-state index in [0.717, 1.165) is 5.89 Å². The van der Waals surface area contributed by atoms with Crippen molar-refractivity contribution >= 4 is 0 Å². The molecule has 1 aromatic heterocycles. The molecule has 1 N–H and O–H groups in total. The SMILES string of the molecule is CNC(C)c1nnc(C2CCCC2(C)C)o1. The van der Waals surface area contributed by atoms with Crippen LogP contribution in [0.1, 0.15) is 63.8 Å². The smallest absolute Gasteiger partial charge is 0.233 e. The van der Waals surface area contributed by atoms with Gasteiger partial charge in [0.05, 0.1) is 6.04 Å². The van der Waals surface area contributed by atoms with E-state index >= 15 is 0 Å². The molecule has 1 aromatic rings. The molecular formula is C12H21N3O. The Kier molecular flexibility index (Phi) is 3.02. The van der Waals surface area contributed by atoms with Crippen molar-refractivity contribution in [2.24, 2.45) is 5.41 Å². The fraction of sp³-hybridized carbons (Fsp3) is 0.833. The van der Waals surface area contributed by atoms with Crippen molar-refractivity contribution in [3.8, 4) is 0 Å². The van der Waals surface area contributed by atoms with E-state index in [-0.39, 0.29) is 6.04 Å². The van der Waals surface area contributed by atoms with Gasteiger partial charge in [0.15, 0.2) is 0 Å². The predicted molar refractivity (Wildman–Crippen MR) is 62.1 cm³/mol. The number of aromatic nitrogens is 2. The third kappa shape index (κ3) is 1.98. The molecule has 0 radical (unpaired) electrons. The van der Waals surface area contributed by atoms with Crippen LogP contribution < -0.4 is 5.32 Å². The second-order valence-electron chi connectivity index (χ2n) is 5.42. The van der Waals surface area contributed by atoms with Crippen molar-refractivity contribution in [2.75, 3.05) is 7.05 Å². The first kappa shape index (κ1) is 11.6. The van der Waals surface area contributed by atoms with Crippen LogP contribution in [0.15, 0.2) is 4.42 Å². The van der Waals surface area contributed by atoms with Crippen molar-refractivity contribution in [1.29, 1.82) is 0 Å². The summed E-state index contributed by atoms with van der Waals surface area (Å²) in [5.74, 6) is 1.94. The molecule has 1 saturated carbocycles. The number of hydrogen-bond donors (Lipinski definition) is 1. The summed E-state index contributed by atoms with van der Waals surface area (Å²) in [6, 6.07) is 0.130. The summed E-state index contributed by atoms with van der Waals surface area (Å²) in [4.78, 5) is 0. The molecule has 2 atom stereocenters. The molecule has 0 saturated heterocycles. The lowest BCUT2D eigenvalue weighted by atomic mass is 9.82. The minimum absolute atomic E-state index is 0.130. The van der Waals surface area contributed by atoms with Crippen LogP contribution in [0, 0.1) is 5.41 Å². The Morgan fingerprint density at radius 1 is 1.44 bits per heavy atom. The number of nitrogens with one attached hydrogen (secondary N) is 1. The topological polar surface area (TPSA) is 51.0 Å². The molecule has 1 heterocycles. The van der Waals surface area contributed by atoms with E-state index in [2.05, 4.69) is 29.4 Å². The van der Waals surface area contributed by atoms with Crippen LogP contribution >= 0.6 is 0 Å². The van der Waals surface area contributed by atoms with Gasteiger partial charge in [0.2, 0.25) is 11.8 Å². The van der Waals surface area contributed by atoms with E-state index in [4.69, 9.17) is 4.42 Å². The third-order valence-electron chi connectivity index (χ3n) is 3.82. The first-order valence-electron chi connectivity index (χ1n) is 6.05. The summed E-state index contributed by atoms with van der Waals surface area (Å²) in [5, 5.41) is 11.4. The summed E-state index contributed by atoms with van der Waals surface area (Å²) in [6.07, 6.45) is 3.68. The average molecular weight is 223 g/mol. The van der Waals surface area contributed by atoms with Gasteiger partial charge in [-0.15, -0.1) is 10.2 Å². The first-order chi connectivity index (χ1) is 7.54. The van der Waals surface area contributed by atoms with Crippen LogP contribution in [0.2, 0.25) is 0 Å². The fourth-order valence-electron chi connectivity index (χ4n) is 2.47. The van der Waals surface area contributed by atoms with Gasteiger partial charge in [-0.05, 0) is 32.2 Å². The van der Waals surface area contributed by atoms with E-state index in [9.17, 15) is 0 Å². The zero-order valence-corrected chi connectivity index (χ0v) is 10.6. The zero-order chi connectivity index (χ0) is 11.8. The summed E-state index contributed by atoms with van der Waals surface area (Å²) in [7, 11) is 1.90. The maximum atomic E-state index is 5.77. The predicted octanol–water partition coefficient (Wildman–Crippen LogP) is 2.64. The highest BCUT2D eigenvalue weighted by molar-refractivity contribution is 5.03. The third-order valence-corrected chi connectivity index (χ3v) is 3.82.